The largest absolute Gasteiger partial charge is 0.481 e. The molecule has 5 nitrogen and oxygen atoms in total. The number of allylic oxidation sites excluding steroid dienone is 2. The van der Waals surface area contributed by atoms with Crippen molar-refractivity contribution in [3.05, 3.63) is 12.2 Å². The first kappa shape index (κ1) is 13.3. The highest BCUT2D eigenvalue weighted by molar-refractivity contribution is 5.87. The van der Waals surface area contributed by atoms with E-state index in [0.29, 0.717) is 0 Å². The monoisotopic (exact) mass is 277 g/mol. The fraction of sp³-hybridized carbons (Fsp3) is 0.667. The van der Waals surface area contributed by atoms with Gasteiger partial charge in [-0.3, -0.25) is 4.79 Å². The third kappa shape index (κ3) is 2.37. The lowest BCUT2D eigenvalue weighted by molar-refractivity contribution is -0.158. The van der Waals surface area contributed by atoms with Gasteiger partial charge in [-0.25, -0.2) is 4.79 Å². The number of carboxylic acid groups (broad SMARTS) is 1. The van der Waals surface area contributed by atoms with Crippen LogP contribution in [-0.4, -0.2) is 22.8 Å². The minimum atomic E-state index is -0.908. The Morgan fingerprint density at radius 3 is 2.40 bits per heavy atom. The number of carbonyl (C=O) groups excluding carboxylic acids is 1. The molecule has 0 aromatic rings. The predicted octanol–water partition coefficient (Wildman–Crippen LogP) is 2.37. The molecule has 1 N–H and O–H groups in total. The molecule has 3 aliphatic rings. The number of rotatable bonds is 3. The van der Waals surface area contributed by atoms with Crippen molar-refractivity contribution in [3.63, 3.8) is 0 Å². The molecule has 0 aromatic carbocycles. The van der Waals surface area contributed by atoms with E-state index in [0.717, 1.165) is 37.8 Å². The van der Waals surface area contributed by atoms with Gasteiger partial charge >= 0.3 is 11.9 Å². The molecule has 4 atom stereocenters. The van der Waals surface area contributed by atoms with Crippen LogP contribution in [0.3, 0.4) is 0 Å². The molecule has 0 saturated heterocycles. The lowest BCUT2D eigenvalue weighted by atomic mass is 9.83. The highest BCUT2D eigenvalue weighted by Gasteiger charge is 2.52. The molecule has 3 aliphatic carbocycles. The number of carboxylic acids is 1. The molecule has 2 saturated carbocycles. The van der Waals surface area contributed by atoms with E-state index in [1.165, 1.54) is 6.42 Å². The summed E-state index contributed by atoms with van der Waals surface area (Å²) in [6.07, 6.45) is 9.75. The maximum atomic E-state index is 12.2. The summed E-state index contributed by atoms with van der Waals surface area (Å²) in [6.45, 7) is 0. The van der Waals surface area contributed by atoms with Gasteiger partial charge in [0.05, 0.1) is 17.5 Å². The van der Waals surface area contributed by atoms with Gasteiger partial charge in [0, 0.05) is 0 Å². The lowest BCUT2D eigenvalue weighted by Gasteiger charge is -2.21. The molecular weight excluding hydrogens is 258 g/mol. The Morgan fingerprint density at radius 1 is 1.10 bits per heavy atom. The van der Waals surface area contributed by atoms with E-state index >= 15 is 0 Å². The van der Waals surface area contributed by atoms with Crippen LogP contribution in [0.4, 0.5) is 0 Å². The van der Waals surface area contributed by atoms with Gasteiger partial charge in [0.15, 0.2) is 0 Å². The minimum Gasteiger partial charge on any atom is -0.481 e. The molecule has 0 heterocycles. The van der Waals surface area contributed by atoms with Crippen LogP contribution in [0.5, 0.6) is 0 Å². The second-order valence-electron chi connectivity index (χ2n) is 5.97. The second kappa shape index (κ2) is 5.38. The first-order chi connectivity index (χ1) is 9.66. The Morgan fingerprint density at radius 2 is 1.75 bits per heavy atom. The van der Waals surface area contributed by atoms with Gasteiger partial charge in [-0.2, -0.15) is 0 Å². The molecule has 0 spiro atoms. The van der Waals surface area contributed by atoms with E-state index in [1.807, 2.05) is 12.2 Å². The summed E-state index contributed by atoms with van der Waals surface area (Å²) in [4.78, 5) is 28.6. The van der Waals surface area contributed by atoms with E-state index in [1.54, 1.807) is 0 Å². The number of aliphatic carboxylic acids is 1. The summed E-state index contributed by atoms with van der Waals surface area (Å²) in [5.74, 6) is -2.64. The van der Waals surface area contributed by atoms with Gasteiger partial charge in [-0.1, -0.05) is 23.7 Å². The van der Waals surface area contributed by atoms with Crippen LogP contribution in [0.1, 0.15) is 38.5 Å². The molecule has 2 fully saturated rings. The Balaban J connectivity index is 1.67. The van der Waals surface area contributed by atoms with Gasteiger partial charge in [0.25, 0.3) is 0 Å². The Kier molecular flexibility index (Phi) is 3.59. The normalized spacial score (nSPS) is 35.1. The SMILES string of the molecule is O=C(ON=C1CCCCC1)[C@@H]1[C@@H](C(=O)O)[C@H]2C=C[C@@H]1C2. The molecule has 0 radical (unpaired) electrons. The molecule has 20 heavy (non-hydrogen) atoms. The van der Waals surface area contributed by atoms with Gasteiger partial charge in [0.1, 0.15) is 0 Å². The zero-order chi connectivity index (χ0) is 14.1. The number of nitrogens with zero attached hydrogens (tertiary/aromatic N) is 1. The predicted molar refractivity (Wildman–Crippen MR) is 72.0 cm³/mol. The number of carbonyl (C=O) groups is 2. The zero-order valence-corrected chi connectivity index (χ0v) is 11.3. The Hall–Kier alpha value is -1.65. The Bertz CT molecular complexity index is 474. The molecule has 0 amide bonds. The van der Waals surface area contributed by atoms with Crippen molar-refractivity contribution in [2.24, 2.45) is 28.8 Å². The first-order valence-corrected chi connectivity index (χ1v) is 7.34. The van der Waals surface area contributed by atoms with Crippen LogP contribution in [0, 0.1) is 23.7 Å². The Labute approximate surface area is 117 Å². The molecule has 0 aromatic heterocycles. The van der Waals surface area contributed by atoms with E-state index in [9.17, 15) is 14.7 Å². The standard InChI is InChI=1S/C15H19NO4/c17-14(18)12-9-6-7-10(8-9)13(12)15(19)20-16-11-4-2-1-3-5-11/h6-7,9-10,12-13H,1-5,8H2,(H,17,18)/t9-,10+,12-,13-/m0/s1. The minimum absolute atomic E-state index is 0.000144. The zero-order valence-electron chi connectivity index (χ0n) is 11.3. The summed E-state index contributed by atoms with van der Waals surface area (Å²) in [7, 11) is 0. The van der Waals surface area contributed by atoms with Crippen LogP contribution in [0.15, 0.2) is 17.3 Å². The molecule has 3 rings (SSSR count). The maximum Gasteiger partial charge on any atom is 0.339 e. The van der Waals surface area contributed by atoms with Crippen molar-refractivity contribution in [3.8, 4) is 0 Å². The number of hydrogen-bond donors (Lipinski definition) is 1. The summed E-state index contributed by atoms with van der Waals surface area (Å²) >= 11 is 0. The number of hydrogen-bond acceptors (Lipinski definition) is 4. The van der Waals surface area contributed by atoms with E-state index in [4.69, 9.17) is 4.84 Å². The van der Waals surface area contributed by atoms with Crippen molar-refractivity contribution < 1.29 is 19.5 Å². The van der Waals surface area contributed by atoms with Crippen LogP contribution < -0.4 is 0 Å². The number of fused-ring (bicyclic) bond motifs is 2. The second-order valence-corrected chi connectivity index (χ2v) is 5.97. The van der Waals surface area contributed by atoms with E-state index in [2.05, 4.69) is 5.16 Å². The quantitative estimate of drug-likeness (QED) is 0.488. The molecule has 0 unspecified atom stereocenters. The fourth-order valence-electron chi connectivity index (χ4n) is 3.70. The molecule has 5 heteroatoms. The third-order valence-corrected chi connectivity index (χ3v) is 4.71. The van der Waals surface area contributed by atoms with Crippen molar-refractivity contribution in [1.82, 2.24) is 0 Å². The summed E-state index contributed by atoms with van der Waals surface area (Å²) in [5, 5.41) is 13.2. The van der Waals surface area contributed by atoms with Gasteiger partial charge < -0.3 is 9.94 Å². The van der Waals surface area contributed by atoms with Crippen molar-refractivity contribution in [2.75, 3.05) is 0 Å². The summed E-state index contributed by atoms with van der Waals surface area (Å²) in [6, 6.07) is 0. The van der Waals surface area contributed by atoms with Crippen molar-refractivity contribution in [1.29, 1.82) is 0 Å². The first-order valence-electron chi connectivity index (χ1n) is 7.34. The van der Waals surface area contributed by atoms with Gasteiger partial charge in [-0.05, 0) is 43.9 Å². The van der Waals surface area contributed by atoms with E-state index < -0.39 is 23.8 Å². The van der Waals surface area contributed by atoms with Crippen LogP contribution in [0.2, 0.25) is 0 Å². The molecule has 108 valence electrons. The topological polar surface area (TPSA) is 76.0 Å². The molecular formula is C15H19NO4. The van der Waals surface area contributed by atoms with Crippen molar-refractivity contribution >= 4 is 17.7 Å². The van der Waals surface area contributed by atoms with Crippen molar-refractivity contribution in [2.45, 2.75) is 38.5 Å². The van der Waals surface area contributed by atoms with Crippen LogP contribution >= 0.6 is 0 Å². The van der Waals surface area contributed by atoms with Gasteiger partial charge in [-0.15, -0.1) is 0 Å². The average Bonchev–Trinajstić information content (AvgIpc) is 3.06. The fourth-order valence-corrected chi connectivity index (χ4v) is 3.70. The third-order valence-electron chi connectivity index (χ3n) is 4.71. The van der Waals surface area contributed by atoms with Crippen LogP contribution in [0.25, 0.3) is 0 Å². The van der Waals surface area contributed by atoms with Gasteiger partial charge in [0.2, 0.25) is 0 Å². The highest BCUT2D eigenvalue weighted by Crippen LogP contribution is 2.48. The molecule has 2 bridgehead atoms. The van der Waals surface area contributed by atoms with E-state index in [-0.39, 0.29) is 11.8 Å². The highest BCUT2D eigenvalue weighted by atomic mass is 16.7. The lowest BCUT2D eigenvalue weighted by Crippen LogP contribution is -2.33. The summed E-state index contributed by atoms with van der Waals surface area (Å²) < 4.78 is 0. The van der Waals surface area contributed by atoms with Crippen LogP contribution in [-0.2, 0) is 14.4 Å². The number of oxime groups is 1. The smallest absolute Gasteiger partial charge is 0.339 e. The molecule has 0 aliphatic heterocycles. The summed E-state index contributed by atoms with van der Waals surface area (Å²) in [5.41, 5.74) is 0.926. The average molecular weight is 277 g/mol. The maximum absolute atomic E-state index is 12.2.